The molecule has 0 aromatic rings. The number of rotatable bonds is 5. The van der Waals surface area contributed by atoms with Crippen molar-refractivity contribution in [2.45, 2.75) is 38.7 Å². The Balaban J connectivity index is 2.11. The first-order chi connectivity index (χ1) is 12.0. The molecule has 0 radical (unpaired) electrons. The van der Waals surface area contributed by atoms with Crippen LogP contribution in [0.4, 0.5) is 0 Å². The second-order valence-corrected chi connectivity index (χ2v) is 6.63. The quantitative estimate of drug-likeness (QED) is 0.445. The summed E-state index contributed by atoms with van der Waals surface area (Å²) in [6.07, 6.45) is 6.12. The summed E-state index contributed by atoms with van der Waals surface area (Å²) in [7, 11) is 0. The number of fused-ring (bicyclic) bond motifs is 1. The van der Waals surface area contributed by atoms with Crippen molar-refractivity contribution in [3.63, 3.8) is 0 Å². The number of hydrogen-bond donors (Lipinski definition) is 2. The fraction of sp³-hybridized carbons (Fsp3) is 0.579. The third-order valence-electron chi connectivity index (χ3n) is 4.72. The van der Waals surface area contributed by atoms with Gasteiger partial charge in [0.15, 0.2) is 0 Å². The SMILES string of the molecule is C=C1C(=O)O[C@H]2CC(CO)=CCCC(COC(=O)[C@@H](C)CO)=CC[C@H]12. The van der Waals surface area contributed by atoms with Crippen molar-refractivity contribution in [1.82, 2.24) is 0 Å². The van der Waals surface area contributed by atoms with E-state index in [1.54, 1.807) is 6.92 Å². The van der Waals surface area contributed by atoms with E-state index in [0.717, 1.165) is 11.1 Å². The lowest BCUT2D eigenvalue weighted by Gasteiger charge is -2.20. The molecule has 0 aromatic heterocycles. The lowest BCUT2D eigenvalue weighted by atomic mass is 9.87. The van der Waals surface area contributed by atoms with Gasteiger partial charge in [-0.3, -0.25) is 4.79 Å². The van der Waals surface area contributed by atoms with Gasteiger partial charge < -0.3 is 19.7 Å². The molecule has 1 fully saturated rings. The second-order valence-electron chi connectivity index (χ2n) is 6.63. The molecule has 2 N–H and O–H groups in total. The molecule has 0 aromatic carbocycles. The van der Waals surface area contributed by atoms with Gasteiger partial charge in [0.1, 0.15) is 12.7 Å². The van der Waals surface area contributed by atoms with Crippen molar-refractivity contribution >= 4 is 11.9 Å². The summed E-state index contributed by atoms with van der Waals surface area (Å²) < 4.78 is 10.6. The van der Waals surface area contributed by atoms with Gasteiger partial charge >= 0.3 is 11.9 Å². The molecule has 6 heteroatoms. The van der Waals surface area contributed by atoms with Gasteiger partial charge in [-0.1, -0.05) is 18.7 Å². The van der Waals surface area contributed by atoms with Crippen LogP contribution in [0.5, 0.6) is 0 Å². The van der Waals surface area contributed by atoms with Crippen molar-refractivity contribution in [2.75, 3.05) is 19.8 Å². The van der Waals surface area contributed by atoms with E-state index in [-0.39, 0.29) is 37.8 Å². The molecule has 2 rings (SSSR count). The van der Waals surface area contributed by atoms with Crippen LogP contribution in [0, 0.1) is 11.8 Å². The van der Waals surface area contributed by atoms with E-state index in [0.29, 0.717) is 31.3 Å². The van der Waals surface area contributed by atoms with Gasteiger partial charge in [0, 0.05) is 17.9 Å². The molecule has 0 spiro atoms. The highest BCUT2D eigenvalue weighted by Crippen LogP contribution is 2.34. The first-order valence-electron chi connectivity index (χ1n) is 8.60. The van der Waals surface area contributed by atoms with Gasteiger partial charge in [0.05, 0.1) is 19.1 Å². The van der Waals surface area contributed by atoms with E-state index in [2.05, 4.69) is 6.58 Å². The molecule has 0 bridgehead atoms. The molecule has 6 nitrogen and oxygen atoms in total. The van der Waals surface area contributed by atoms with Crippen molar-refractivity contribution in [2.24, 2.45) is 11.8 Å². The summed E-state index contributed by atoms with van der Waals surface area (Å²) in [6, 6.07) is 0. The number of esters is 2. The van der Waals surface area contributed by atoms with Crippen molar-refractivity contribution in [1.29, 1.82) is 0 Å². The summed E-state index contributed by atoms with van der Waals surface area (Å²) in [6.45, 7) is 5.28. The topological polar surface area (TPSA) is 93.1 Å². The lowest BCUT2D eigenvalue weighted by Crippen LogP contribution is -2.20. The van der Waals surface area contributed by atoms with E-state index in [9.17, 15) is 14.7 Å². The van der Waals surface area contributed by atoms with Crippen LogP contribution in [-0.2, 0) is 19.1 Å². The Kier molecular flexibility index (Phi) is 6.96. The highest BCUT2D eigenvalue weighted by Gasteiger charge is 2.38. The van der Waals surface area contributed by atoms with Gasteiger partial charge in [0.25, 0.3) is 0 Å². The Bertz CT molecular complexity index is 589. The van der Waals surface area contributed by atoms with E-state index >= 15 is 0 Å². The van der Waals surface area contributed by atoms with Crippen LogP contribution in [-0.4, -0.2) is 48.1 Å². The molecule has 1 heterocycles. The van der Waals surface area contributed by atoms with E-state index in [1.807, 2.05) is 12.2 Å². The van der Waals surface area contributed by atoms with Crippen molar-refractivity contribution in [3.8, 4) is 0 Å². The molecule has 1 aliphatic carbocycles. The zero-order valence-corrected chi connectivity index (χ0v) is 14.6. The molecule has 3 atom stereocenters. The Labute approximate surface area is 147 Å². The summed E-state index contributed by atoms with van der Waals surface area (Å²) in [5, 5.41) is 18.5. The van der Waals surface area contributed by atoms with Crippen LogP contribution in [0.1, 0.15) is 32.6 Å². The molecular weight excluding hydrogens is 324 g/mol. The fourth-order valence-electron chi connectivity index (χ4n) is 2.99. The van der Waals surface area contributed by atoms with Gasteiger partial charge in [-0.15, -0.1) is 0 Å². The van der Waals surface area contributed by atoms with Gasteiger partial charge in [-0.05, 0) is 37.3 Å². The van der Waals surface area contributed by atoms with Gasteiger partial charge in [-0.25, -0.2) is 4.79 Å². The average Bonchev–Trinajstić information content (AvgIpc) is 2.88. The van der Waals surface area contributed by atoms with Gasteiger partial charge in [-0.2, -0.15) is 0 Å². The first-order valence-corrected chi connectivity index (χ1v) is 8.60. The first kappa shape index (κ1) is 19.4. The summed E-state index contributed by atoms with van der Waals surface area (Å²) in [5.41, 5.74) is 2.23. The summed E-state index contributed by atoms with van der Waals surface area (Å²) in [4.78, 5) is 23.6. The number of aliphatic hydroxyl groups is 2. The monoisotopic (exact) mass is 350 g/mol. The van der Waals surface area contributed by atoms with Crippen LogP contribution in [0.15, 0.2) is 35.5 Å². The standard InChI is InChI=1S/C19H26O6/c1-12(9-20)18(22)24-11-14-4-3-5-15(10-21)8-17-16(7-6-14)13(2)19(23)25-17/h5-6,12,16-17,20-21H,2-4,7-11H2,1H3/t12-,16+,17-/m0/s1. The van der Waals surface area contributed by atoms with Gasteiger partial charge in [0.2, 0.25) is 0 Å². The van der Waals surface area contributed by atoms with Crippen molar-refractivity contribution in [3.05, 3.63) is 35.5 Å². The zero-order chi connectivity index (χ0) is 18.4. The normalized spacial score (nSPS) is 25.4. The predicted octanol–water partition coefficient (Wildman–Crippen LogP) is 1.67. The maximum atomic E-state index is 11.8. The highest BCUT2D eigenvalue weighted by molar-refractivity contribution is 5.90. The highest BCUT2D eigenvalue weighted by atomic mass is 16.6. The number of carbonyl (C=O) groups is 2. The molecule has 1 saturated heterocycles. The number of ether oxygens (including phenoxy) is 2. The smallest absolute Gasteiger partial charge is 0.334 e. The molecule has 1 aliphatic heterocycles. The number of hydrogen-bond acceptors (Lipinski definition) is 6. The Morgan fingerprint density at radius 3 is 2.84 bits per heavy atom. The minimum absolute atomic E-state index is 0.0741. The molecule has 138 valence electrons. The van der Waals surface area contributed by atoms with E-state index in [1.165, 1.54) is 0 Å². The largest absolute Gasteiger partial charge is 0.461 e. The molecule has 0 saturated carbocycles. The van der Waals surface area contributed by atoms with Crippen LogP contribution in [0.2, 0.25) is 0 Å². The maximum absolute atomic E-state index is 11.8. The lowest BCUT2D eigenvalue weighted by molar-refractivity contribution is -0.148. The van der Waals surface area contributed by atoms with Crippen LogP contribution in [0.3, 0.4) is 0 Å². The number of carbonyl (C=O) groups excluding carboxylic acids is 2. The van der Waals surface area contributed by atoms with Crippen LogP contribution >= 0.6 is 0 Å². The molecule has 2 aliphatic rings. The molecule has 0 amide bonds. The second kappa shape index (κ2) is 8.97. The zero-order valence-electron chi connectivity index (χ0n) is 14.6. The average molecular weight is 350 g/mol. The fourth-order valence-corrected chi connectivity index (χ4v) is 2.99. The Morgan fingerprint density at radius 1 is 1.40 bits per heavy atom. The number of aliphatic hydroxyl groups excluding tert-OH is 2. The summed E-state index contributed by atoms with van der Waals surface area (Å²) >= 11 is 0. The molecule has 25 heavy (non-hydrogen) atoms. The minimum Gasteiger partial charge on any atom is -0.461 e. The maximum Gasteiger partial charge on any atom is 0.334 e. The molecule has 0 unspecified atom stereocenters. The Morgan fingerprint density at radius 2 is 2.16 bits per heavy atom. The number of allylic oxidation sites excluding steroid dienone is 2. The Hall–Kier alpha value is -1.92. The third kappa shape index (κ3) is 5.03. The van der Waals surface area contributed by atoms with E-state index < -0.39 is 11.9 Å². The molecular formula is C19H26O6. The van der Waals surface area contributed by atoms with Crippen LogP contribution < -0.4 is 0 Å². The van der Waals surface area contributed by atoms with Crippen molar-refractivity contribution < 1.29 is 29.3 Å². The van der Waals surface area contributed by atoms with E-state index in [4.69, 9.17) is 14.6 Å². The predicted molar refractivity (Wildman–Crippen MR) is 91.4 cm³/mol. The van der Waals surface area contributed by atoms with Crippen LogP contribution in [0.25, 0.3) is 0 Å². The minimum atomic E-state index is -0.550. The third-order valence-corrected chi connectivity index (χ3v) is 4.72. The summed E-state index contributed by atoms with van der Waals surface area (Å²) in [5.74, 6) is -1.51.